The van der Waals surface area contributed by atoms with Crippen LogP contribution < -0.4 is 10.5 Å². The number of thioether (sulfide) groups is 1. The van der Waals surface area contributed by atoms with Gasteiger partial charge in [0, 0.05) is 27.8 Å². The Kier molecular flexibility index (Phi) is 9.10. The molecule has 1 aromatic carbocycles. The molecule has 7 heteroatoms. The first-order chi connectivity index (χ1) is 11.4. The number of allylic oxidation sites excluding steroid dienone is 4. The van der Waals surface area contributed by atoms with Crippen LogP contribution in [0.15, 0.2) is 69.6 Å². The molecule has 0 aromatic heterocycles. The Bertz CT molecular complexity index is 594. The summed E-state index contributed by atoms with van der Waals surface area (Å²) in [5, 5.41) is 8.33. The van der Waals surface area contributed by atoms with E-state index in [0.717, 1.165) is 23.8 Å². The van der Waals surface area contributed by atoms with Gasteiger partial charge < -0.3 is 5.32 Å². The molecule has 0 unspecified atom stereocenters. The first kappa shape index (κ1) is 20.7. The van der Waals surface area contributed by atoms with Crippen molar-refractivity contribution < 1.29 is 13.2 Å². The summed E-state index contributed by atoms with van der Waals surface area (Å²) in [6, 6.07) is 9.73. The summed E-state index contributed by atoms with van der Waals surface area (Å²) in [5.74, 6) is 0.661. The fourth-order valence-electron chi connectivity index (χ4n) is 1.71. The molecular weight excluding hydrogens is 353 g/mol. The Labute approximate surface area is 149 Å². The molecule has 1 aromatic rings. The summed E-state index contributed by atoms with van der Waals surface area (Å²) in [6.07, 6.45) is 0.371. The minimum absolute atomic E-state index is 0.0598. The van der Waals surface area contributed by atoms with Gasteiger partial charge in [0.05, 0.1) is 5.57 Å². The van der Waals surface area contributed by atoms with Crippen molar-refractivity contribution in [1.82, 2.24) is 5.32 Å². The van der Waals surface area contributed by atoms with Gasteiger partial charge in [-0.1, -0.05) is 24.3 Å². The Balaban J connectivity index is 2.72. The quantitative estimate of drug-likeness (QED) is 0.281. The SMILES string of the molecule is C\C=C(/C=C\C(NCCSc1ccccc1)=C(/C)C(F)(F)F)SN. The maximum Gasteiger partial charge on any atom is 0.414 e. The largest absolute Gasteiger partial charge is 0.414 e. The number of rotatable bonds is 8. The van der Waals surface area contributed by atoms with Gasteiger partial charge in [0.25, 0.3) is 0 Å². The average molecular weight is 374 g/mol. The third-order valence-corrected chi connectivity index (χ3v) is 4.75. The topological polar surface area (TPSA) is 38.0 Å². The van der Waals surface area contributed by atoms with E-state index in [0.29, 0.717) is 17.2 Å². The van der Waals surface area contributed by atoms with Crippen LogP contribution in [0.3, 0.4) is 0 Å². The molecular formula is C17H21F3N2S2. The third kappa shape index (κ3) is 7.51. The maximum absolute atomic E-state index is 13.0. The lowest BCUT2D eigenvalue weighted by molar-refractivity contribution is -0.0922. The van der Waals surface area contributed by atoms with Gasteiger partial charge in [-0.3, -0.25) is 5.14 Å². The Morgan fingerprint density at radius 3 is 2.42 bits per heavy atom. The Morgan fingerprint density at radius 1 is 1.21 bits per heavy atom. The van der Waals surface area contributed by atoms with E-state index in [-0.39, 0.29) is 5.70 Å². The van der Waals surface area contributed by atoms with Crippen LogP contribution in [0.2, 0.25) is 0 Å². The molecule has 2 nitrogen and oxygen atoms in total. The monoisotopic (exact) mass is 374 g/mol. The minimum Gasteiger partial charge on any atom is -0.384 e. The lowest BCUT2D eigenvalue weighted by Gasteiger charge is -2.14. The van der Waals surface area contributed by atoms with Crippen molar-refractivity contribution in [3.8, 4) is 0 Å². The molecule has 24 heavy (non-hydrogen) atoms. The van der Waals surface area contributed by atoms with Gasteiger partial charge in [-0.25, -0.2) is 0 Å². The van der Waals surface area contributed by atoms with E-state index in [9.17, 15) is 13.2 Å². The van der Waals surface area contributed by atoms with Crippen LogP contribution in [0.1, 0.15) is 13.8 Å². The second-order valence-electron chi connectivity index (χ2n) is 4.77. The highest BCUT2D eigenvalue weighted by Gasteiger charge is 2.32. The molecule has 0 spiro atoms. The predicted molar refractivity (Wildman–Crippen MR) is 98.6 cm³/mol. The standard InChI is InChI=1S/C17H21F3N2S2/c1-3-14(24-21)9-10-16(13(2)17(18,19)20)22-11-12-23-15-7-5-4-6-8-15/h3-10,22H,11-12,21H2,1-2H3/b10-9-,14-3+,16-13-. The molecule has 0 amide bonds. The maximum atomic E-state index is 13.0. The van der Waals surface area contributed by atoms with Gasteiger partial charge in [-0.2, -0.15) is 13.2 Å². The van der Waals surface area contributed by atoms with Crippen molar-refractivity contribution in [2.24, 2.45) is 5.14 Å². The Morgan fingerprint density at radius 2 is 1.88 bits per heavy atom. The summed E-state index contributed by atoms with van der Waals surface area (Å²) in [6.45, 7) is 3.28. The zero-order chi connectivity index (χ0) is 18.0. The molecule has 0 fully saturated rings. The van der Waals surface area contributed by atoms with Crippen molar-refractivity contribution in [2.45, 2.75) is 24.9 Å². The average Bonchev–Trinajstić information content (AvgIpc) is 2.57. The Hall–Kier alpha value is -1.31. The van der Waals surface area contributed by atoms with Gasteiger partial charge in [0.15, 0.2) is 0 Å². The zero-order valence-corrected chi connectivity index (χ0v) is 15.2. The molecule has 132 valence electrons. The minimum atomic E-state index is -4.37. The molecule has 0 saturated carbocycles. The third-order valence-electron chi connectivity index (χ3n) is 3.09. The highest BCUT2D eigenvalue weighted by atomic mass is 32.2. The second kappa shape index (κ2) is 10.5. The van der Waals surface area contributed by atoms with E-state index in [1.165, 1.54) is 6.08 Å². The van der Waals surface area contributed by atoms with Gasteiger partial charge in [-0.05, 0) is 50.1 Å². The van der Waals surface area contributed by atoms with Crippen LogP contribution in [0.4, 0.5) is 13.2 Å². The zero-order valence-electron chi connectivity index (χ0n) is 13.6. The van der Waals surface area contributed by atoms with Crippen molar-refractivity contribution >= 4 is 23.7 Å². The van der Waals surface area contributed by atoms with Crippen LogP contribution in [0.5, 0.6) is 0 Å². The summed E-state index contributed by atoms with van der Waals surface area (Å²) < 4.78 is 38.9. The van der Waals surface area contributed by atoms with E-state index in [2.05, 4.69) is 5.32 Å². The van der Waals surface area contributed by atoms with E-state index in [1.54, 1.807) is 30.8 Å². The summed E-state index contributed by atoms with van der Waals surface area (Å²) in [4.78, 5) is 1.78. The number of nitrogens with one attached hydrogen (secondary N) is 1. The predicted octanol–water partition coefficient (Wildman–Crippen LogP) is 5.27. The van der Waals surface area contributed by atoms with Crippen LogP contribution in [0.25, 0.3) is 0 Å². The van der Waals surface area contributed by atoms with Gasteiger partial charge in [0.1, 0.15) is 0 Å². The molecule has 0 atom stereocenters. The first-order valence-electron chi connectivity index (χ1n) is 7.29. The normalized spacial score (nSPS) is 14.0. The molecule has 0 aliphatic heterocycles. The van der Waals surface area contributed by atoms with E-state index in [4.69, 9.17) is 5.14 Å². The van der Waals surface area contributed by atoms with Crippen molar-refractivity contribution in [2.75, 3.05) is 12.3 Å². The summed E-state index contributed by atoms with van der Waals surface area (Å²) in [5.41, 5.74) is -0.592. The number of hydrogen-bond acceptors (Lipinski definition) is 4. The van der Waals surface area contributed by atoms with Gasteiger partial charge >= 0.3 is 6.18 Å². The van der Waals surface area contributed by atoms with E-state index >= 15 is 0 Å². The second-order valence-corrected chi connectivity index (χ2v) is 6.64. The molecule has 0 aliphatic carbocycles. The van der Waals surface area contributed by atoms with Crippen molar-refractivity contribution in [3.05, 3.63) is 64.7 Å². The number of halogens is 3. The van der Waals surface area contributed by atoms with Crippen LogP contribution >= 0.6 is 23.7 Å². The first-order valence-corrected chi connectivity index (χ1v) is 9.16. The fourth-order valence-corrected chi connectivity index (χ4v) is 2.78. The molecule has 3 N–H and O–H groups in total. The fraction of sp³-hybridized carbons (Fsp3) is 0.294. The van der Waals surface area contributed by atoms with Gasteiger partial charge in [-0.15, -0.1) is 11.8 Å². The lowest BCUT2D eigenvalue weighted by Crippen LogP contribution is -2.22. The molecule has 0 aliphatic rings. The van der Waals surface area contributed by atoms with Crippen LogP contribution in [-0.2, 0) is 0 Å². The summed E-state index contributed by atoms with van der Waals surface area (Å²) >= 11 is 2.58. The molecule has 0 saturated heterocycles. The van der Waals surface area contributed by atoms with Crippen LogP contribution in [-0.4, -0.2) is 18.5 Å². The van der Waals surface area contributed by atoms with E-state index < -0.39 is 11.7 Å². The van der Waals surface area contributed by atoms with Gasteiger partial charge in [0.2, 0.25) is 0 Å². The van der Waals surface area contributed by atoms with Crippen molar-refractivity contribution in [3.63, 3.8) is 0 Å². The van der Waals surface area contributed by atoms with E-state index in [1.807, 2.05) is 30.3 Å². The van der Waals surface area contributed by atoms with Crippen LogP contribution in [0, 0.1) is 0 Å². The smallest absolute Gasteiger partial charge is 0.384 e. The number of nitrogens with two attached hydrogens (primary N) is 1. The lowest BCUT2D eigenvalue weighted by atomic mass is 10.2. The van der Waals surface area contributed by atoms with Crippen molar-refractivity contribution in [1.29, 1.82) is 0 Å². The molecule has 0 bridgehead atoms. The highest BCUT2D eigenvalue weighted by Crippen LogP contribution is 2.28. The number of benzene rings is 1. The molecule has 0 radical (unpaired) electrons. The summed E-state index contributed by atoms with van der Waals surface area (Å²) in [7, 11) is 0. The molecule has 0 heterocycles. The number of hydrogen-bond donors (Lipinski definition) is 2. The number of alkyl halides is 3. The highest BCUT2D eigenvalue weighted by molar-refractivity contribution is 8.01. The molecule has 1 rings (SSSR count).